The molecule has 1 aliphatic heterocycles. The van der Waals surface area contributed by atoms with E-state index in [2.05, 4.69) is 47.1 Å². The predicted octanol–water partition coefficient (Wildman–Crippen LogP) is 4.76. The fourth-order valence-corrected chi connectivity index (χ4v) is 4.07. The number of ether oxygens (including phenoxy) is 2. The summed E-state index contributed by atoms with van der Waals surface area (Å²) in [5, 5.41) is 7.47. The van der Waals surface area contributed by atoms with Crippen molar-refractivity contribution in [2.45, 2.75) is 39.0 Å². The summed E-state index contributed by atoms with van der Waals surface area (Å²) < 4.78 is 11.3. The maximum atomic E-state index is 7.79. The van der Waals surface area contributed by atoms with Crippen molar-refractivity contribution < 1.29 is 9.47 Å². The quantitative estimate of drug-likeness (QED) is 0.740. The van der Waals surface area contributed by atoms with E-state index in [4.69, 9.17) is 21.8 Å². The second-order valence-electron chi connectivity index (χ2n) is 7.64. The van der Waals surface area contributed by atoms with Gasteiger partial charge in [-0.2, -0.15) is 0 Å². The zero-order valence-corrected chi connectivity index (χ0v) is 17.0. The largest absolute Gasteiger partial charge is 0.496 e. The van der Waals surface area contributed by atoms with Crippen molar-refractivity contribution >= 4 is 5.57 Å². The minimum atomic E-state index is -0.352. The van der Waals surface area contributed by atoms with E-state index < -0.39 is 0 Å². The maximum Gasteiger partial charge on any atom is 0.241 e. The number of hydrogen-bond donors (Lipinski definition) is 2. The monoisotopic (exact) mass is 388 g/mol. The minimum Gasteiger partial charge on any atom is -0.496 e. The number of aromatic amines is 1. The molecule has 0 fully saturated rings. The molecule has 1 aliphatic carbocycles. The highest BCUT2D eigenvalue weighted by Crippen LogP contribution is 2.48. The second kappa shape index (κ2) is 7.17. The van der Waals surface area contributed by atoms with Crippen molar-refractivity contribution in [2.24, 2.45) is 5.73 Å². The first-order valence-corrected chi connectivity index (χ1v) is 9.63. The van der Waals surface area contributed by atoms with Crippen LogP contribution in [0.15, 0.2) is 41.9 Å². The SMILES string of the molecule is [C-]#[N+]C1=C(N)Oc2n[nH]c(C3=CC=CC3)c2C1c1cc(C(C)C)c(OC)cc1C. The van der Waals surface area contributed by atoms with Crippen LogP contribution in [0.1, 0.15) is 60.1 Å². The molecule has 1 unspecified atom stereocenters. The number of nitrogens with two attached hydrogens (primary N) is 1. The Morgan fingerprint density at radius 3 is 2.79 bits per heavy atom. The van der Waals surface area contributed by atoms with Gasteiger partial charge in [-0.15, -0.1) is 5.10 Å². The normalized spacial score (nSPS) is 17.8. The number of methoxy groups -OCH3 is 1. The van der Waals surface area contributed by atoms with Crippen LogP contribution in [0.5, 0.6) is 11.6 Å². The lowest BCUT2D eigenvalue weighted by Crippen LogP contribution is -2.21. The molecule has 1 aromatic carbocycles. The van der Waals surface area contributed by atoms with Gasteiger partial charge in [0.15, 0.2) is 5.88 Å². The van der Waals surface area contributed by atoms with E-state index in [1.807, 2.05) is 19.1 Å². The molecule has 0 spiro atoms. The third-order valence-corrected chi connectivity index (χ3v) is 5.55. The summed E-state index contributed by atoms with van der Waals surface area (Å²) in [6.45, 7) is 14.1. The lowest BCUT2D eigenvalue weighted by molar-refractivity contribution is 0.377. The average molecular weight is 388 g/mol. The topological polar surface area (TPSA) is 77.5 Å². The molecule has 2 heterocycles. The average Bonchev–Trinajstić information content (AvgIpc) is 3.36. The molecule has 148 valence electrons. The Balaban J connectivity index is 1.97. The van der Waals surface area contributed by atoms with Gasteiger partial charge in [-0.05, 0) is 47.6 Å². The van der Waals surface area contributed by atoms with Crippen LogP contribution in [0.2, 0.25) is 0 Å². The molecule has 2 aromatic rings. The molecule has 0 amide bonds. The van der Waals surface area contributed by atoms with Gasteiger partial charge < -0.3 is 15.2 Å². The van der Waals surface area contributed by atoms with Gasteiger partial charge in [-0.1, -0.05) is 38.1 Å². The van der Waals surface area contributed by atoms with E-state index in [1.165, 1.54) is 0 Å². The van der Waals surface area contributed by atoms with Crippen molar-refractivity contribution in [3.05, 3.63) is 81.3 Å². The zero-order valence-electron chi connectivity index (χ0n) is 17.0. The number of nitrogens with one attached hydrogen (secondary N) is 1. The van der Waals surface area contributed by atoms with Crippen molar-refractivity contribution in [3.63, 3.8) is 0 Å². The van der Waals surface area contributed by atoms with Gasteiger partial charge in [0.2, 0.25) is 11.6 Å². The van der Waals surface area contributed by atoms with Crippen molar-refractivity contribution in [1.82, 2.24) is 10.2 Å². The van der Waals surface area contributed by atoms with Crippen molar-refractivity contribution in [1.29, 1.82) is 0 Å². The van der Waals surface area contributed by atoms with E-state index in [9.17, 15) is 0 Å². The number of rotatable bonds is 4. The third-order valence-electron chi connectivity index (χ3n) is 5.55. The number of allylic oxidation sites excluding steroid dienone is 5. The summed E-state index contributed by atoms with van der Waals surface area (Å²) in [5.41, 5.74) is 12.5. The molecule has 29 heavy (non-hydrogen) atoms. The Kier molecular flexibility index (Phi) is 4.67. The van der Waals surface area contributed by atoms with Gasteiger partial charge in [0, 0.05) is 5.56 Å². The zero-order chi connectivity index (χ0) is 20.7. The summed E-state index contributed by atoms with van der Waals surface area (Å²) >= 11 is 0. The number of aryl methyl sites for hydroxylation is 1. The highest BCUT2D eigenvalue weighted by atomic mass is 16.5. The Bertz CT molecular complexity index is 1110. The third kappa shape index (κ3) is 2.99. The molecule has 6 nitrogen and oxygen atoms in total. The molecule has 4 rings (SSSR count). The van der Waals surface area contributed by atoms with Gasteiger partial charge in [0.25, 0.3) is 0 Å². The van der Waals surface area contributed by atoms with E-state index in [1.54, 1.807) is 7.11 Å². The Morgan fingerprint density at radius 1 is 1.38 bits per heavy atom. The van der Waals surface area contributed by atoms with Crippen LogP contribution in [-0.4, -0.2) is 17.3 Å². The molecule has 2 aliphatic rings. The van der Waals surface area contributed by atoms with Gasteiger partial charge in [0.05, 0.1) is 25.3 Å². The number of benzene rings is 1. The summed E-state index contributed by atoms with van der Waals surface area (Å²) in [6.07, 6.45) is 6.99. The lowest BCUT2D eigenvalue weighted by atomic mass is 9.81. The fourth-order valence-electron chi connectivity index (χ4n) is 4.07. The van der Waals surface area contributed by atoms with Crippen LogP contribution in [0.4, 0.5) is 0 Å². The molecule has 1 atom stereocenters. The van der Waals surface area contributed by atoms with Crippen molar-refractivity contribution in [2.75, 3.05) is 7.11 Å². The summed E-state index contributed by atoms with van der Waals surface area (Å²) in [4.78, 5) is 3.76. The van der Waals surface area contributed by atoms with E-state index >= 15 is 0 Å². The predicted molar refractivity (Wildman–Crippen MR) is 112 cm³/mol. The molecule has 1 aromatic heterocycles. The van der Waals surface area contributed by atoms with Crippen LogP contribution in [0.3, 0.4) is 0 Å². The first-order chi connectivity index (χ1) is 14.0. The van der Waals surface area contributed by atoms with Gasteiger partial charge >= 0.3 is 0 Å². The summed E-state index contributed by atoms with van der Waals surface area (Å²) in [7, 11) is 1.68. The summed E-state index contributed by atoms with van der Waals surface area (Å²) in [6, 6.07) is 4.17. The van der Waals surface area contributed by atoms with Crippen LogP contribution in [0.25, 0.3) is 10.4 Å². The maximum absolute atomic E-state index is 7.79. The van der Waals surface area contributed by atoms with E-state index in [0.29, 0.717) is 11.6 Å². The Morgan fingerprint density at radius 2 is 2.17 bits per heavy atom. The Labute approximate surface area is 170 Å². The Hall–Kier alpha value is -3.46. The highest BCUT2D eigenvalue weighted by Gasteiger charge is 2.37. The number of H-pyrrole nitrogens is 1. The number of hydrogen-bond acceptors (Lipinski definition) is 4. The molecular formula is C23H24N4O2. The first-order valence-electron chi connectivity index (χ1n) is 9.63. The van der Waals surface area contributed by atoms with Gasteiger partial charge in [-0.25, -0.2) is 4.85 Å². The smallest absolute Gasteiger partial charge is 0.241 e. The molecular weight excluding hydrogens is 364 g/mol. The molecule has 3 N–H and O–H groups in total. The van der Waals surface area contributed by atoms with E-state index in [-0.39, 0.29) is 17.7 Å². The number of nitrogens with zero attached hydrogens (tertiary/aromatic N) is 2. The van der Waals surface area contributed by atoms with Crippen molar-refractivity contribution in [3.8, 4) is 11.6 Å². The highest BCUT2D eigenvalue weighted by molar-refractivity contribution is 5.74. The number of aromatic nitrogens is 2. The fraction of sp³-hybridized carbons (Fsp3) is 0.304. The second-order valence-corrected chi connectivity index (χ2v) is 7.64. The lowest BCUT2D eigenvalue weighted by Gasteiger charge is -2.27. The molecule has 0 saturated carbocycles. The molecule has 6 heteroatoms. The molecule has 0 bridgehead atoms. The van der Waals surface area contributed by atoms with Crippen LogP contribution in [-0.2, 0) is 0 Å². The standard InChI is InChI=1S/C23H24N4O2/c1-12(2)15-11-16(13(3)10-17(15)28-5)18-19-20(14-8-6-7-9-14)26-27-23(19)29-22(24)21(18)25-4/h6-8,10-12,18H,9,24H2,1-3,5H3,(H,26,27). The van der Waals surface area contributed by atoms with Crippen LogP contribution >= 0.6 is 0 Å². The first kappa shape index (κ1) is 18.9. The minimum absolute atomic E-state index is 0.107. The number of fused-ring (bicyclic) bond motifs is 1. The summed E-state index contributed by atoms with van der Waals surface area (Å²) in [5.74, 6) is 1.31. The van der Waals surface area contributed by atoms with E-state index in [0.717, 1.165) is 45.7 Å². The molecule has 0 radical (unpaired) electrons. The van der Waals surface area contributed by atoms with Gasteiger partial charge in [0.1, 0.15) is 5.75 Å². The molecule has 0 saturated heterocycles. The van der Waals surface area contributed by atoms with Crippen LogP contribution in [0, 0.1) is 13.5 Å². The van der Waals surface area contributed by atoms with Gasteiger partial charge in [-0.3, -0.25) is 5.10 Å². The van der Waals surface area contributed by atoms with Crippen LogP contribution < -0.4 is 15.2 Å².